The molecule has 2 aromatic rings. The highest BCUT2D eigenvalue weighted by molar-refractivity contribution is 6.09. The number of carbonyl (C=O) groups excluding carboxylic acids is 2. The minimum atomic E-state index is -0.275. The van der Waals surface area contributed by atoms with Crippen LogP contribution in [0.5, 0.6) is 0 Å². The van der Waals surface area contributed by atoms with Gasteiger partial charge in [-0.2, -0.15) is 0 Å². The molecule has 0 bridgehead atoms. The Morgan fingerprint density at radius 1 is 1.08 bits per heavy atom. The van der Waals surface area contributed by atoms with Crippen LogP contribution in [0.3, 0.4) is 0 Å². The molecular formula is C19H20N2O3. The van der Waals surface area contributed by atoms with E-state index in [4.69, 9.17) is 4.74 Å². The molecule has 0 radical (unpaired) electrons. The highest BCUT2D eigenvalue weighted by Crippen LogP contribution is 2.16. The summed E-state index contributed by atoms with van der Waals surface area (Å²) in [6.45, 7) is 4.42. The number of para-hydroxylation sites is 1. The number of nitrogens with one attached hydrogen (secondary N) is 2. The Hall–Kier alpha value is -2.92. The zero-order chi connectivity index (χ0) is 17.4. The molecule has 2 amide bonds. The predicted octanol–water partition coefficient (Wildman–Crippen LogP) is 3.00. The number of benzene rings is 2. The maximum absolute atomic E-state index is 12.4. The lowest BCUT2D eigenvalue weighted by Crippen LogP contribution is -2.25. The van der Waals surface area contributed by atoms with E-state index >= 15 is 0 Å². The first kappa shape index (κ1) is 17.4. The van der Waals surface area contributed by atoms with Gasteiger partial charge in [0.05, 0.1) is 17.9 Å². The van der Waals surface area contributed by atoms with Crippen molar-refractivity contribution in [3.8, 4) is 0 Å². The molecule has 0 heterocycles. The molecule has 0 saturated heterocycles. The Labute approximate surface area is 141 Å². The summed E-state index contributed by atoms with van der Waals surface area (Å²) in [6, 6.07) is 14.0. The third-order valence-corrected chi connectivity index (χ3v) is 3.35. The number of anilines is 1. The van der Waals surface area contributed by atoms with E-state index in [1.54, 1.807) is 49.6 Å². The van der Waals surface area contributed by atoms with Gasteiger partial charge in [0, 0.05) is 19.2 Å². The minimum Gasteiger partial charge on any atom is -0.380 e. The minimum absolute atomic E-state index is 0.263. The second-order valence-electron chi connectivity index (χ2n) is 5.13. The SMILES string of the molecule is C=CCNC(=O)c1ccccc1NC(=O)c1ccc(COC)cc1. The van der Waals surface area contributed by atoms with E-state index in [1.165, 1.54) is 0 Å². The lowest BCUT2D eigenvalue weighted by molar-refractivity contribution is 0.0959. The van der Waals surface area contributed by atoms with Gasteiger partial charge in [0.25, 0.3) is 11.8 Å². The van der Waals surface area contributed by atoms with E-state index in [-0.39, 0.29) is 11.8 Å². The molecule has 124 valence electrons. The van der Waals surface area contributed by atoms with Crippen LogP contribution >= 0.6 is 0 Å². The number of hydrogen-bond acceptors (Lipinski definition) is 3. The summed E-state index contributed by atoms with van der Waals surface area (Å²) in [5, 5.41) is 5.48. The third kappa shape index (κ3) is 4.54. The largest absolute Gasteiger partial charge is 0.380 e. The lowest BCUT2D eigenvalue weighted by Gasteiger charge is -2.11. The second kappa shape index (κ2) is 8.64. The number of rotatable bonds is 7. The first-order valence-corrected chi connectivity index (χ1v) is 7.53. The molecule has 5 nitrogen and oxygen atoms in total. The van der Waals surface area contributed by atoms with Gasteiger partial charge in [0.1, 0.15) is 0 Å². The third-order valence-electron chi connectivity index (χ3n) is 3.35. The van der Waals surface area contributed by atoms with E-state index < -0.39 is 0 Å². The fourth-order valence-corrected chi connectivity index (χ4v) is 2.16. The molecule has 0 aliphatic carbocycles. The van der Waals surface area contributed by atoms with Gasteiger partial charge < -0.3 is 15.4 Å². The highest BCUT2D eigenvalue weighted by atomic mass is 16.5. The van der Waals surface area contributed by atoms with Crippen LogP contribution in [0.25, 0.3) is 0 Å². The summed E-state index contributed by atoms with van der Waals surface area (Å²) >= 11 is 0. The van der Waals surface area contributed by atoms with Gasteiger partial charge in [-0.25, -0.2) is 0 Å². The zero-order valence-electron chi connectivity index (χ0n) is 13.5. The Morgan fingerprint density at radius 2 is 1.79 bits per heavy atom. The van der Waals surface area contributed by atoms with Gasteiger partial charge in [-0.05, 0) is 29.8 Å². The van der Waals surface area contributed by atoms with Crippen molar-refractivity contribution in [2.45, 2.75) is 6.61 Å². The molecule has 5 heteroatoms. The summed E-state index contributed by atoms with van der Waals surface area (Å²) in [7, 11) is 1.62. The normalized spacial score (nSPS) is 10.0. The maximum Gasteiger partial charge on any atom is 0.255 e. The molecule has 2 N–H and O–H groups in total. The molecule has 0 spiro atoms. The number of ether oxygens (including phenoxy) is 1. The molecular weight excluding hydrogens is 304 g/mol. The molecule has 2 aromatic carbocycles. The van der Waals surface area contributed by atoms with Crippen LogP contribution in [-0.4, -0.2) is 25.5 Å². The summed E-state index contributed by atoms with van der Waals surface area (Å²) in [6.07, 6.45) is 1.60. The van der Waals surface area contributed by atoms with Gasteiger partial charge in [-0.1, -0.05) is 30.3 Å². The van der Waals surface area contributed by atoms with Crippen LogP contribution in [0.2, 0.25) is 0 Å². The van der Waals surface area contributed by atoms with E-state index in [9.17, 15) is 9.59 Å². The standard InChI is InChI=1S/C19H20N2O3/c1-3-12-20-19(23)16-6-4-5-7-17(16)21-18(22)15-10-8-14(9-11-15)13-24-2/h3-11H,1,12-13H2,2H3,(H,20,23)(H,21,22). The van der Waals surface area contributed by atoms with E-state index in [2.05, 4.69) is 17.2 Å². The second-order valence-corrected chi connectivity index (χ2v) is 5.13. The first-order valence-electron chi connectivity index (χ1n) is 7.53. The summed E-state index contributed by atoms with van der Waals surface area (Å²) < 4.78 is 5.05. The summed E-state index contributed by atoms with van der Waals surface area (Å²) in [4.78, 5) is 24.5. The van der Waals surface area contributed by atoms with Crippen molar-refractivity contribution in [1.29, 1.82) is 0 Å². The van der Waals surface area contributed by atoms with Crippen LogP contribution in [0.1, 0.15) is 26.3 Å². The number of methoxy groups -OCH3 is 1. The van der Waals surface area contributed by atoms with Gasteiger partial charge >= 0.3 is 0 Å². The van der Waals surface area contributed by atoms with Crippen LogP contribution in [0.4, 0.5) is 5.69 Å². The van der Waals surface area contributed by atoms with Crippen molar-refractivity contribution in [1.82, 2.24) is 5.32 Å². The molecule has 24 heavy (non-hydrogen) atoms. The molecule has 0 aliphatic heterocycles. The summed E-state index contributed by atoms with van der Waals surface area (Å²) in [5.41, 5.74) is 2.36. The Balaban J connectivity index is 2.14. The van der Waals surface area contributed by atoms with Crippen LogP contribution in [0, 0.1) is 0 Å². The first-order chi connectivity index (χ1) is 11.7. The number of carbonyl (C=O) groups is 2. The fourth-order valence-electron chi connectivity index (χ4n) is 2.16. The Bertz CT molecular complexity index is 724. The number of amides is 2. The van der Waals surface area contributed by atoms with Crippen LogP contribution in [-0.2, 0) is 11.3 Å². The van der Waals surface area contributed by atoms with Gasteiger partial charge in [0.2, 0.25) is 0 Å². The average molecular weight is 324 g/mol. The molecule has 0 unspecified atom stereocenters. The maximum atomic E-state index is 12.4. The smallest absolute Gasteiger partial charge is 0.255 e. The Morgan fingerprint density at radius 3 is 2.46 bits per heavy atom. The van der Waals surface area contributed by atoms with Crippen LogP contribution < -0.4 is 10.6 Å². The van der Waals surface area contributed by atoms with E-state index in [0.29, 0.717) is 30.0 Å². The van der Waals surface area contributed by atoms with Gasteiger partial charge in [0.15, 0.2) is 0 Å². The molecule has 0 saturated carbocycles. The molecule has 0 atom stereocenters. The van der Waals surface area contributed by atoms with Crippen molar-refractivity contribution in [2.24, 2.45) is 0 Å². The zero-order valence-corrected chi connectivity index (χ0v) is 13.5. The molecule has 0 aromatic heterocycles. The van der Waals surface area contributed by atoms with Crippen molar-refractivity contribution >= 4 is 17.5 Å². The quantitative estimate of drug-likeness (QED) is 0.769. The fraction of sp³-hybridized carbons (Fsp3) is 0.158. The van der Waals surface area contributed by atoms with Gasteiger partial charge in [-0.3, -0.25) is 9.59 Å². The highest BCUT2D eigenvalue weighted by Gasteiger charge is 2.13. The predicted molar refractivity (Wildman–Crippen MR) is 94.1 cm³/mol. The Kier molecular flexibility index (Phi) is 6.28. The van der Waals surface area contributed by atoms with E-state index in [1.807, 2.05) is 12.1 Å². The van der Waals surface area contributed by atoms with Crippen molar-refractivity contribution in [3.63, 3.8) is 0 Å². The lowest BCUT2D eigenvalue weighted by atomic mass is 10.1. The monoisotopic (exact) mass is 324 g/mol. The number of hydrogen-bond donors (Lipinski definition) is 2. The van der Waals surface area contributed by atoms with Crippen molar-refractivity contribution < 1.29 is 14.3 Å². The molecule has 0 fully saturated rings. The van der Waals surface area contributed by atoms with E-state index in [0.717, 1.165) is 5.56 Å². The van der Waals surface area contributed by atoms with Crippen molar-refractivity contribution in [2.75, 3.05) is 19.0 Å². The molecule has 0 aliphatic rings. The van der Waals surface area contributed by atoms with Crippen LogP contribution in [0.15, 0.2) is 61.2 Å². The molecule has 2 rings (SSSR count). The topological polar surface area (TPSA) is 67.4 Å². The van der Waals surface area contributed by atoms with Gasteiger partial charge in [-0.15, -0.1) is 6.58 Å². The van der Waals surface area contributed by atoms with Crippen molar-refractivity contribution in [3.05, 3.63) is 77.9 Å². The summed E-state index contributed by atoms with van der Waals surface area (Å²) in [5.74, 6) is -0.538. The average Bonchev–Trinajstić information content (AvgIpc) is 2.61.